The van der Waals surface area contributed by atoms with E-state index in [0.29, 0.717) is 0 Å². The standard InChI is InChI=1S/2C18H15P.C5H5.ClH.Ru/c2*1-4-10-16(11-5-1)19(17-12-6-2-7-13-17)18-14-8-3-9-15-18;1-2-4-5-3-1;;/h2*1-15H;1-5H;1H;/q;;-1;;+1/p+1. The van der Waals surface area contributed by atoms with Crippen LogP contribution in [-0.4, -0.2) is 0 Å². The minimum absolute atomic E-state index is 0.877. The number of benzene rings is 6. The Labute approximate surface area is 285 Å². The topological polar surface area (TPSA) is 0 Å². The summed E-state index contributed by atoms with van der Waals surface area (Å²) in [4.78, 5) is 0. The Morgan fingerprint density at radius 1 is 0.289 bits per heavy atom. The molecule has 7 aromatic rings. The number of rotatable bonds is 6. The second kappa shape index (κ2) is 20.5. The van der Waals surface area contributed by atoms with Gasteiger partial charge in [-0.15, -0.1) is 0 Å². The number of hydrogen-bond donors (Lipinski definition) is 0. The van der Waals surface area contributed by atoms with Crippen LogP contribution in [0.15, 0.2) is 212 Å². The number of halogens is 1. The van der Waals surface area contributed by atoms with Crippen LogP contribution < -0.4 is 31.8 Å². The Hall–Kier alpha value is -3.56. The summed E-state index contributed by atoms with van der Waals surface area (Å²) in [6.45, 7) is 0. The van der Waals surface area contributed by atoms with Crippen molar-refractivity contribution >= 4 is 57.4 Å². The fourth-order valence-electron chi connectivity index (χ4n) is 4.95. The first-order valence-corrected chi connectivity index (χ1v) is 20.0. The van der Waals surface area contributed by atoms with Crippen molar-refractivity contribution in [1.29, 1.82) is 0 Å². The summed E-state index contributed by atoms with van der Waals surface area (Å²) in [5.41, 5.74) is 0. The zero-order valence-electron chi connectivity index (χ0n) is 24.9. The van der Waals surface area contributed by atoms with E-state index in [1.165, 1.54) is 31.8 Å². The fraction of sp³-hybridized carbons (Fsp3) is 0. The van der Waals surface area contributed by atoms with E-state index >= 15 is 0 Å². The summed E-state index contributed by atoms with van der Waals surface area (Å²) in [5, 5.41) is 8.61. The first-order valence-electron chi connectivity index (χ1n) is 14.8. The van der Waals surface area contributed by atoms with Crippen molar-refractivity contribution in [2.45, 2.75) is 0 Å². The molecule has 0 spiro atoms. The fourth-order valence-corrected chi connectivity index (χ4v) is 10.1. The van der Waals surface area contributed by atoms with Crippen molar-refractivity contribution < 1.29 is 17.3 Å². The van der Waals surface area contributed by atoms with Gasteiger partial charge < -0.3 is 0 Å². The van der Waals surface area contributed by atoms with Crippen molar-refractivity contribution in [3.63, 3.8) is 0 Å². The predicted octanol–water partition coefficient (Wildman–Crippen LogP) is 8.45. The SMILES string of the molecule is [Cl][Ru].c1cc[cH-]c1.c1ccc([PH+](c2ccccc2)c2ccccc2)cc1.c1ccc([PH+](c2ccccc2)c2ccccc2)cc1. The van der Waals surface area contributed by atoms with Gasteiger partial charge in [-0.2, -0.15) is 18.2 Å². The molecular formula is C41H37ClP2Ru+. The molecule has 4 heteroatoms. The molecular weight excluding hydrogens is 691 g/mol. The van der Waals surface area contributed by atoms with E-state index in [4.69, 9.17) is 0 Å². The molecule has 0 N–H and O–H groups in total. The minimum atomic E-state index is -0.877. The number of hydrogen-bond acceptors (Lipinski definition) is 0. The molecule has 0 aliphatic heterocycles. The van der Waals surface area contributed by atoms with E-state index in [9.17, 15) is 0 Å². The van der Waals surface area contributed by atoms with Gasteiger partial charge in [0.25, 0.3) is 0 Å². The quantitative estimate of drug-likeness (QED) is 0.0917. The maximum absolute atomic E-state index is 4.57. The van der Waals surface area contributed by atoms with Crippen molar-refractivity contribution in [3.8, 4) is 0 Å². The van der Waals surface area contributed by atoms with Crippen LogP contribution in [0.4, 0.5) is 0 Å². The zero-order valence-corrected chi connectivity index (χ0v) is 29.4. The zero-order chi connectivity index (χ0) is 31.4. The molecule has 0 radical (unpaired) electrons. The molecule has 0 fully saturated rings. The molecule has 0 aliphatic rings. The monoisotopic (exact) mass is 728 g/mol. The Balaban J connectivity index is 0.000000169. The van der Waals surface area contributed by atoms with Crippen molar-refractivity contribution in [2.24, 2.45) is 0 Å². The third kappa shape index (κ3) is 11.1. The Morgan fingerprint density at radius 2 is 0.467 bits per heavy atom. The van der Waals surface area contributed by atoms with Crippen molar-refractivity contribution in [3.05, 3.63) is 212 Å². The van der Waals surface area contributed by atoms with E-state index in [0.717, 1.165) is 0 Å². The minimum Gasteiger partial charge on any atom is -0.214 e. The molecule has 0 heterocycles. The van der Waals surface area contributed by atoms with Crippen LogP contribution in [0.25, 0.3) is 0 Å². The largest absolute Gasteiger partial charge is 0.214 e. The summed E-state index contributed by atoms with van der Waals surface area (Å²) in [6, 6.07) is 75.0. The molecule has 0 unspecified atom stereocenters. The first-order chi connectivity index (χ1) is 22.4. The summed E-state index contributed by atoms with van der Waals surface area (Å²) in [6.07, 6.45) is 0. The van der Waals surface area contributed by atoms with Gasteiger partial charge in [0.05, 0.1) is 15.8 Å². The maximum atomic E-state index is 4.57. The van der Waals surface area contributed by atoms with Crippen LogP contribution in [0.5, 0.6) is 0 Å². The molecule has 7 aromatic carbocycles. The van der Waals surface area contributed by atoms with Crippen molar-refractivity contribution in [2.75, 3.05) is 0 Å². The van der Waals surface area contributed by atoms with E-state index in [1.54, 1.807) is 0 Å². The third-order valence-corrected chi connectivity index (χ3v) is 12.4. The second-order valence-corrected chi connectivity index (χ2v) is 14.9. The summed E-state index contributed by atoms with van der Waals surface area (Å²) < 4.78 is 0. The summed E-state index contributed by atoms with van der Waals surface area (Å²) in [7, 11) is 2.81. The third-order valence-electron chi connectivity index (χ3n) is 6.93. The molecule has 0 saturated carbocycles. The van der Waals surface area contributed by atoms with Gasteiger partial charge in [-0.25, -0.2) is 12.1 Å². The summed E-state index contributed by atoms with van der Waals surface area (Å²) in [5.74, 6) is 0. The molecule has 225 valence electrons. The molecule has 0 nitrogen and oxygen atoms in total. The molecule has 0 aliphatic carbocycles. The Kier molecular flexibility index (Phi) is 15.6. The molecule has 7 rings (SSSR count). The molecule has 0 amide bonds. The van der Waals surface area contributed by atoms with Gasteiger partial charge in [0, 0.05) is 0 Å². The van der Waals surface area contributed by atoms with Gasteiger partial charge in [-0.05, 0) is 72.8 Å². The van der Waals surface area contributed by atoms with Crippen LogP contribution in [0.2, 0.25) is 0 Å². The Morgan fingerprint density at radius 3 is 0.600 bits per heavy atom. The molecule has 45 heavy (non-hydrogen) atoms. The maximum Gasteiger partial charge on any atom is 0.102 e. The van der Waals surface area contributed by atoms with Crippen LogP contribution in [0, 0.1) is 0 Å². The van der Waals surface area contributed by atoms with E-state index in [1.807, 2.05) is 47.6 Å². The van der Waals surface area contributed by atoms with E-state index in [-0.39, 0.29) is 0 Å². The van der Waals surface area contributed by atoms with Crippen LogP contribution in [0.1, 0.15) is 0 Å². The van der Waals surface area contributed by atoms with Gasteiger partial charge in [0.2, 0.25) is 0 Å². The molecule has 0 atom stereocenters. The van der Waals surface area contributed by atoms with Gasteiger partial charge >= 0.3 is 27.0 Å². The van der Waals surface area contributed by atoms with E-state index < -0.39 is 15.8 Å². The van der Waals surface area contributed by atoms with E-state index in [2.05, 4.69) is 192 Å². The van der Waals surface area contributed by atoms with Gasteiger partial charge in [0.1, 0.15) is 31.8 Å². The Bertz CT molecular complexity index is 1360. The smallest absolute Gasteiger partial charge is 0.102 e. The predicted molar refractivity (Wildman–Crippen MR) is 201 cm³/mol. The first kappa shape index (κ1) is 34.3. The molecule has 0 saturated heterocycles. The van der Waals surface area contributed by atoms with Crippen LogP contribution >= 0.6 is 25.5 Å². The normalized spacial score (nSPS) is 9.96. The van der Waals surface area contributed by atoms with Crippen LogP contribution in [-0.2, 0) is 17.3 Å². The van der Waals surface area contributed by atoms with Gasteiger partial charge in [-0.3, -0.25) is 0 Å². The molecule has 0 bridgehead atoms. The van der Waals surface area contributed by atoms with Gasteiger partial charge in [-0.1, -0.05) is 109 Å². The van der Waals surface area contributed by atoms with Gasteiger partial charge in [0.15, 0.2) is 0 Å². The van der Waals surface area contributed by atoms with Crippen LogP contribution in [0.3, 0.4) is 0 Å². The second-order valence-electron chi connectivity index (χ2n) is 9.91. The summed E-state index contributed by atoms with van der Waals surface area (Å²) >= 11 is 1.82. The average Bonchev–Trinajstić information content (AvgIpc) is 3.74. The van der Waals surface area contributed by atoms with Crippen molar-refractivity contribution in [1.82, 2.24) is 0 Å². The average molecular weight is 728 g/mol. The molecule has 0 aromatic heterocycles.